The Kier molecular flexibility index (Phi) is 7.99. The van der Waals surface area contributed by atoms with Gasteiger partial charge in [-0.3, -0.25) is 14.5 Å². The van der Waals surface area contributed by atoms with Gasteiger partial charge < -0.3 is 14.7 Å². The maximum Gasteiger partial charge on any atom is 0.261 e. The lowest BCUT2D eigenvalue weighted by atomic mass is 9.75. The molecule has 0 spiro atoms. The molecular formula is C31H42N2O4. The molecule has 0 unspecified atom stereocenters. The number of ether oxygens (including phenoxy) is 1. The summed E-state index contributed by atoms with van der Waals surface area (Å²) >= 11 is 0. The molecule has 1 N–H and O–H groups in total. The summed E-state index contributed by atoms with van der Waals surface area (Å²) in [7, 11) is 0. The third-order valence-electron chi connectivity index (χ3n) is 8.94. The number of hydrogen-bond donors (Lipinski definition) is 1. The molecule has 5 rings (SSSR count). The van der Waals surface area contributed by atoms with E-state index < -0.39 is 6.10 Å². The fourth-order valence-electron chi connectivity index (χ4n) is 6.75. The van der Waals surface area contributed by atoms with Gasteiger partial charge in [0.25, 0.3) is 11.8 Å². The summed E-state index contributed by atoms with van der Waals surface area (Å²) in [5.41, 5.74) is 1.25. The molecule has 6 heteroatoms. The second-order valence-electron chi connectivity index (χ2n) is 12.0. The maximum absolute atomic E-state index is 13.2. The van der Waals surface area contributed by atoms with Crippen molar-refractivity contribution in [1.29, 1.82) is 0 Å². The summed E-state index contributed by atoms with van der Waals surface area (Å²) < 4.78 is 6.27. The number of nitrogens with zero attached hydrogens (tertiary/aromatic N) is 2. The van der Waals surface area contributed by atoms with Crippen molar-refractivity contribution < 1.29 is 19.4 Å². The van der Waals surface area contributed by atoms with Crippen molar-refractivity contribution in [3.8, 4) is 0 Å². The molecule has 0 bridgehead atoms. The van der Waals surface area contributed by atoms with Crippen LogP contribution in [0.2, 0.25) is 0 Å². The third-order valence-corrected chi connectivity index (χ3v) is 8.94. The van der Waals surface area contributed by atoms with Crippen LogP contribution in [0, 0.1) is 23.7 Å². The zero-order valence-corrected chi connectivity index (χ0v) is 22.6. The first-order chi connectivity index (χ1) is 17.8. The molecule has 4 atom stereocenters. The molecule has 2 fully saturated rings. The molecule has 0 aromatic heterocycles. The van der Waals surface area contributed by atoms with Crippen LogP contribution in [0.25, 0.3) is 10.8 Å². The highest BCUT2D eigenvalue weighted by Crippen LogP contribution is 2.35. The van der Waals surface area contributed by atoms with Gasteiger partial charge >= 0.3 is 0 Å². The van der Waals surface area contributed by atoms with E-state index >= 15 is 0 Å². The van der Waals surface area contributed by atoms with Crippen LogP contribution >= 0.6 is 0 Å². The highest BCUT2D eigenvalue weighted by atomic mass is 16.5. The van der Waals surface area contributed by atoms with Crippen LogP contribution in [0.3, 0.4) is 0 Å². The van der Waals surface area contributed by atoms with Crippen LogP contribution in [0.1, 0.15) is 73.6 Å². The summed E-state index contributed by atoms with van der Waals surface area (Å²) in [4.78, 5) is 30.2. The Morgan fingerprint density at radius 3 is 2.24 bits per heavy atom. The lowest BCUT2D eigenvalue weighted by molar-refractivity contribution is -0.0750. The number of imide groups is 1. The fraction of sp³-hybridized carbons (Fsp3) is 0.613. The number of piperidine rings is 1. The van der Waals surface area contributed by atoms with Crippen LogP contribution in [-0.4, -0.2) is 71.7 Å². The number of benzene rings is 2. The van der Waals surface area contributed by atoms with Crippen LogP contribution in [-0.2, 0) is 4.74 Å². The second-order valence-corrected chi connectivity index (χ2v) is 12.0. The van der Waals surface area contributed by atoms with Crippen LogP contribution < -0.4 is 0 Å². The van der Waals surface area contributed by atoms with E-state index in [0.29, 0.717) is 48.6 Å². The van der Waals surface area contributed by atoms with Crippen LogP contribution in [0.4, 0.5) is 0 Å². The number of carbonyl (C=O) groups excluding carboxylic acids is 2. The van der Waals surface area contributed by atoms with Crippen LogP contribution in [0.5, 0.6) is 0 Å². The Morgan fingerprint density at radius 2 is 1.62 bits per heavy atom. The van der Waals surface area contributed by atoms with Gasteiger partial charge in [-0.25, -0.2) is 0 Å². The van der Waals surface area contributed by atoms with Crippen molar-refractivity contribution in [1.82, 2.24) is 9.80 Å². The van der Waals surface area contributed by atoms with Crippen molar-refractivity contribution >= 4 is 22.6 Å². The zero-order chi connectivity index (χ0) is 26.1. The Bertz CT molecular complexity index is 1070. The van der Waals surface area contributed by atoms with Gasteiger partial charge in [0.15, 0.2) is 0 Å². The number of hydrogen-bond acceptors (Lipinski definition) is 5. The van der Waals surface area contributed by atoms with E-state index in [1.807, 2.05) is 36.4 Å². The minimum atomic E-state index is -0.496. The molecule has 2 aliphatic heterocycles. The summed E-state index contributed by atoms with van der Waals surface area (Å²) in [6.07, 6.45) is 5.15. The van der Waals surface area contributed by atoms with E-state index in [0.717, 1.165) is 43.1 Å². The quantitative estimate of drug-likeness (QED) is 0.511. The first-order valence-electron chi connectivity index (χ1n) is 14.2. The molecule has 2 amide bonds. The number of amides is 2. The summed E-state index contributed by atoms with van der Waals surface area (Å²) in [6.45, 7) is 10.0. The number of aliphatic hydroxyl groups is 1. The summed E-state index contributed by atoms with van der Waals surface area (Å²) in [5, 5.41) is 12.4. The number of rotatable bonds is 8. The van der Waals surface area contributed by atoms with Crippen molar-refractivity contribution in [3.63, 3.8) is 0 Å². The molecular weight excluding hydrogens is 464 g/mol. The summed E-state index contributed by atoms with van der Waals surface area (Å²) in [6, 6.07) is 11.3. The third kappa shape index (κ3) is 5.62. The smallest absolute Gasteiger partial charge is 0.261 e. The average Bonchev–Trinajstić information content (AvgIpc) is 2.89. The molecule has 2 aromatic rings. The second kappa shape index (κ2) is 11.2. The molecule has 200 valence electrons. The number of carbonyl (C=O) groups is 2. The van der Waals surface area contributed by atoms with Gasteiger partial charge in [0.1, 0.15) is 0 Å². The van der Waals surface area contributed by atoms with E-state index in [1.54, 1.807) is 0 Å². The van der Waals surface area contributed by atoms with Crippen molar-refractivity contribution in [2.45, 2.75) is 65.1 Å². The topological polar surface area (TPSA) is 70.1 Å². The SMILES string of the molecule is CC(C)[C@H]1CC[C@@H](C)C[C@H]1OC[C@H](O)CN1CCC(CN2C(=O)c3cccc4cccc(c34)C2=O)CC1. The summed E-state index contributed by atoms with van der Waals surface area (Å²) in [5.74, 6) is 1.79. The van der Waals surface area contributed by atoms with Crippen LogP contribution in [0.15, 0.2) is 36.4 Å². The first kappa shape index (κ1) is 26.3. The minimum Gasteiger partial charge on any atom is -0.389 e. The molecule has 37 heavy (non-hydrogen) atoms. The minimum absolute atomic E-state index is 0.180. The highest BCUT2D eigenvalue weighted by Gasteiger charge is 2.35. The van der Waals surface area contributed by atoms with Gasteiger partial charge in [0.2, 0.25) is 0 Å². The van der Waals surface area contributed by atoms with E-state index in [-0.39, 0.29) is 23.8 Å². The molecule has 1 saturated carbocycles. The largest absolute Gasteiger partial charge is 0.389 e. The Morgan fingerprint density at radius 1 is 0.973 bits per heavy atom. The van der Waals surface area contributed by atoms with Crippen molar-refractivity contribution in [2.75, 3.05) is 32.8 Å². The molecule has 1 saturated heterocycles. The fourth-order valence-corrected chi connectivity index (χ4v) is 6.75. The van der Waals surface area contributed by atoms with Gasteiger partial charge in [0.05, 0.1) is 18.8 Å². The van der Waals surface area contributed by atoms with E-state index in [1.165, 1.54) is 17.7 Å². The predicted molar refractivity (Wildman–Crippen MR) is 146 cm³/mol. The van der Waals surface area contributed by atoms with Gasteiger partial charge in [-0.2, -0.15) is 0 Å². The lowest BCUT2D eigenvalue weighted by Crippen LogP contribution is -2.46. The molecule has 2 heterocycles. The number of aliphatic hydroxyl groups excluding tert-OH is 1. The van der Waals surface area contributed by atoms with E-state index in [4.69, 9.17) is 4.74 Å². The molecule has 6 nitrogen and oxygen atoms in total. The maximum atomic E-state index is 13.2. The molecule has 0 radical (unpaired) electrons. The van der Waals surface area contributed by atoms with Crippen molar-refractivity contribution in [2.24, 2.45) is 23.7 Å². The molecule has 2 aromatic carbocycles. The molecule has 1 aliphatic carbocycles. The normalized spacial score (nSPS) is 26.3. The monoisotopic (exact) mass is 506 g/mol. The van der Waals surface area contributed by atoms with Gasteiger partial charge in [-0.15, -0.1) is 0 Å². The average molecular weight is 507 g/mol. The standard InChI is InChI=1S/C31H42N2O4/c1-20(2)25-11-10-21(3)16-28(25)37-19-24(34)18-32-14-12-22(13-15-32)17-33-30(35)26-8-4-6-23-7-5-9-27(29(23)26)31(33)36/h4-9,20-22,24-25,28,34H,10-19H2,1-3H3/t21-,24-,25-,28-/m1/s1. The predicted octanol–water partition coefficient (Wildman–Crippen LogP) is 4.99. The lowest BCUT2D eigenvalue weighted by Gasteiger charge is -2.38. The Labute approximate surface area is 221 Å². The van der Waals surface area contributed by atoms with Crippen molar-refractivity contribution in [3.05, 3.63) is 47.5 Å². The zero-order valence-electron chi connectivity index (χ0n) is 22.6. The highest BCUT2D eigenvalue weighted by molar-refractivity contribution is 6.25. The number of β-amino-alcohol motifs (C(OH)–C–C–N with tert-alkyl or cyclic N) is 1. The van der Waals surface area contributed by atoms with Gasteiger partial charge in [-0.1, -0.05) is 51.5 Å². The van der Waals surface area contributed by atoms with E-state index in [9.17, 15) is 14.7 Å². The van der Waals surface area contributed by atoms with Gasteiger partial charge in [-0.05, 0) is 80.0 Å². The number of likely N-dealkylation sites (tertiary alicyclic amines) is 1. The van der Waals surface area contributed by atoms with Gasteiger partial charge in [0, 0.05) is 29.6 Å². The first-order valence-corrected chi connectivity index (χ1v) is 14.2. The molecule has 3 aliphatic rings. The Hall–Kier alpha value is -2.28. The Balaban J connectivity index is 1.11. The van der Waals surface area contributed by atoms with E-state index in [2.05, 4.69) is 25.7 Å².